The standard InChI is InChI=1S/C28H36O13/c1-12-11-18-28(27(8,41-28)24(34)40-18)23(39-16(5)32)21-25(6,10-9-17(26(21,7)35)36-13(2)29)22(38-15(4)31)19(33)20(12)37-14(3)30/h9-11,17-23,33,35H,1-8H3/t17-,18+,19-,20+,21-,22+,23-,25+,26-,27+,28+/m1/s1. The summed E-state index contributed by atoms with van der Waals surface area (Å²) in [5, 5.41) is 23.9. The summed E-state index contributed by atoms with van der Waals surface area (Å²) in [6.45, 7) is 10.4. The van der Waals surface area contributed by atoms with Gasteiger partial charge < -0.3 is 38.6 Å². The highest BCUT2D eigenvalue weighted by Crippen LogP contribution is 2.65. The van der Waals surface area contributed by atoms with Crippen LogP contribution in [0, 0.1) is 11.3 Å². The number of rotatable bonds is 4. The van der Waals surface area contributed by atoms with Gasteiger partial charge in [0.05, 0.1) is 0 Å². The molecule has 41 heavy (non-hydrogen) atoms. The molecular formula is C28H36O13. The number of carbonyl (C=O) groups is 5. The molecule has 0 aromatic rings. The molecule has 2 saturated heterocycles. The fraction of sp³-hybridized carbons (Fsp3) is 0.679. The smallest absolute Gasteiger partial charge is 0.342 e. The molecule has 0 radical (unpaired) electrons. The summed E-state index contributed by atoms with van der Waals surface area (Å²) in [6, 6.07) is 0. The lowest BCUT2D eigenvalue weighted by Crippen LogP contribution is -2.69. The SMILES string of the molecule is CC(=O)O[C@@H]1[C@H]2[C@](C)(O)[C@H](OC(C)=O)C=C[C@]2(C)[C@@H](OC(C)=O)[C@H](O)[C@@H](OC(C)=O)C(C)=C[C@@H]2OC(=O)[C@]3(C)O[C@@]213. The fourth-order valence-corrected chi connectivity index (χ4v) is 6.88. The number of fused-ring (bicyclic) bond motifs is 1. The van der Waals surface area contributed by atoms with Gasteiger partial charge in [0.25, 0.3) is 0 Å². The summed E-state index contributed by atoms with van der Waals surface area (Å²) in [5.74, 6) is -5.23. The minimum Gasteiger partial charge on any atom is -0.459 e. The molecule has 0 aromatic carbocycles. The lowest BCUT2D eigenvalue weighted by Gasteiger charge is -2.55. The predicted molar refractivity (Wildman–Crippen MR) is 135 cm³/mol. The third-order valence-electron chi connectivity index (χ3n) is 8.62. The third-order valence-corrected chi connectivity index (χ3v) is 8.62. The zero-order valence-electron chi connectivity index (χ0n) is 24.2. The summed E-state index contributed by atoms with van der Waals surface area (Å²) >= 11 is 0. The highest BCUT2D eigenvalue weighted by molar-refractivity contribution is 5.89. The van der Waals surface area contributed by atoms with Gasteiger partial charge in [-0.05, 0) is 38.5 Å². The summed E-state index contributed by atoms with van der Waals surface area (Å²) < 4.78 is 34.2. The Morgan fingerprint density at radius 1 is 0.878 bits per heavy atom. The molecule has 13 heteroatoms. The molecule has 0 aromatic heterocycles. The summed E-state index contributed by atoms with van der Waals surface area (Å²) in [6.07, 6.45) is -4.40. The van der Waals surface area contributed by atoms with E-state index in [9.17, 15) is 34.2 Å². The van der Waals surface area contributed by atoms with Crippen LogP contribution in [0.4, 0.5) is 0 Å². The minimum atomic E-state index is -2.08. The van der Waals surface area contributed by atoms with Crippen molar-refractivity contribution < 1.29 is 62.6 Å². The molecule has 2 aliphatic carbocycles. The Balaban J connectivity index is 2.09. The van der Waals surface area contributed by atoms with E-state index < -0.39 is 94.6 Å². The molecule has 1 spiro atoms. The van der Waals surface area contributed by atoms with Crippen LogP contribution in [0.15, 0.2) is 23.8 Å². The topological polar surface area (TPSA) is 184 Å². The molecule has 2 aliphatic heterocycles. The molecule has 2 fully saturated rings. The average molecular weight is 581 g/mol. The molecule has 11 atom stereocenters. The monoisotopic (exact) mass is 580 g/mol. The van der Waals surface area contributed by atoms with E-state index in [-0.39, 0.29) is 5.57 Å². The van der Waals surface area contributed by atoms with Gasteiger partial charge in [-0.25, -0.2) is 4.79 Å². The van der Waals surface area contributed by atoms with E-state index in [2.05, 4.69) is 0 Å². The summed E-state index contributed by atoms with van der Waals surface area (Å²) in [7, 11) is 0. The van der Waals surface area contributed by atoms with Crippen LogP contribution >= 0.6 is 0 Å². The van der Waals surface area contributed by atoms with Gasteiger partial charge in [0.1, 0.15) is 30.0 Å². The molecule has 0 saturated carbocycles. The first-order valence-electron chi connectivity index (χ1n) is 13.2. The number of aliphatic hydroxyl groups is 2. The van der Waals surface area contributed by atoms with E-state index in [0.29, 0.717) is 0 Å². The van der Waals surface area contributed by atoms with Crippen LogP contribution in [0.3, 0.4) is 0 Å². The number of ether oxygens (including phenoxy) is 6. The maximum atomic E-state index is 13.1. The lowest BCUT2D eigenvalue weighted by atomic mass is 9.55. The number of esters is 5. The molecule has 4 aliphatic rings. The van der Waals surface area contributed by atoms with Crippen molar-refractivity contribution in [2.75, 3.05) is 0 Å². The molecule has 2 heterocycles. The molecule has 4 rings (SSSR count). The van der Waals surface area contributed by atoms with Gasteiger partial charge >= 0.3 is 29.8 Å². The first-order chi connectivity index (χ1) is 18.8. The van der Waals surface area contributed by atoms with Gasteiger partial charge in [-0.15, -0.1) is 0 Å². The van der Waals surface area contributed by atoms with Crippen molar-refractivity contribution in [3.05, 3.63) is 23.8 Å². The minimum absolute atomic E-state index is 0.231. The lowest BCUT2D eigenvalue weighted by molar-refractivity contribution is -0.230. The van der Waals surface area contributed by atoms with Gasteiger partial charge in [-0.2, -0.15) is 0 Å². The maximum Gasteiger partial charge on any atom is 0.342 e. The Morgan fingerprint density at radius 2 is 1.41 bits per heavy atom. The van der Waals surface area contributed by atoms with E-state index in [1.165, 1.54) is 45.9 Å². The van der Waals surface area contributed by atoms with E-state index in [0.717, 1.165) is 27.7 Å². The van der Waals surface area contributed by atoms with E-state index >= 15 is 0 Å². The number of hydrogen-bond acceptors (Lipinski definition) is 13. The molecule has 13 nitrogen and oxygen atoms in total. The highest BCUT2D eigenvalue weighted by atomic mass is 16.7. The maximum absolute atomic E-state index is 13.1. The van der Waals surface area contributed by atoms with Gasteiger partial charge in [0.15, 0.2) is 23.4 Å². The molecule has 226 valence electrons. The average Bonchev–Trinajstić information content (AvgIpc) is 3.42. The van der Waals surface area contributed by atoms with Crippen molar-refractivity contribution in [3.63, 3.8) is 0 Å². The number of epoxide rings is 1. The van der Waals surface area contributed by atoms with E-state index in [1.54, 1.807) is 0 Å². The normalized spacial score (nSPS) is 44.6. The first-order valence-corrected chi connectivity index (χ1v) is 13.2. The van der Waals surface area contributed by atoms with Crippen LogP contribution in [0.25, 0.3) is 0 Å². The second-order valence-corrected chi connectivity index (χ2v) is 11.7. The van der Waals surface area contributed by atoms with Crippen molar-refractivity contribution in [1.82, 2.24) is 0 Å². The summed E-state index contributed by atoms with van der Waals surface area (Å²) in [5.41, 5.74) is -6.81. The third kappa shape index (κ3) is 4.63. The van der Waals surface area contributed by atoms with Gasteiger partial charge in [0.2, 0.25) is 0 Å². The largest absolute Gasteiger partial charge is 0.459 e. The van der Waals surface area contributed by atoms with Crippen LogP contribution in [-0.4, -0.2) is 93.5 Å². The van der Waals surface area contributed by atoms with Crippen LogP contribution in [-0.2, 0) is 52.4 Å². The Kier molecular flexibility index (Phi) is 7.42. The Bertz CT molecular complexity index is 1240. The second kappa shape index (κ2) is 9.92. The number of hydrogen-bond donors (Lipinski definition) is 2. The van der Waals surface area contributed by atoms with Crippen molar-refractivity contribution >= 4 is 29.8 Å². The first kappa shape index (κ1) is 30.7. The number of aliphatic hydroxyl groups excluding tert-OH is 1. The Hall–Kier alpha value is -3.29. The molecule has 0 bridgehead atoms. The zero-order valence-corrected chi connectivity index (χ0v) is 24.2. The molecule has 2 N–H and O–H groups in total. The molecule has 0 amide bonds. The van der Waals surface area contributed by atoms with Crippen LogP contribution < -0.4 is 0 Å². The quantitative estimate of drug-likeness (QED) is 0.202. The highest BCUT2D eigenvalue weighted by Gasteiger charge is 2.88. The van der Waals surface area contributed by atoms with Crippen LogP contribution in [0.5, 0.6) is 0 Å². The van der Waals surface area contributed by atoms with Crippen molar-refractivity contribution in [1.29, 1.82) is 0 Å². The van der Waals surface area contributed by atoms with Gasteiger partial charge in [0, 0.05) is 39.0 Å². The van der Waals surface area contributed by atoms with Crippen molar-refractivity contribution in [2.45, 2.75) is 109 Å². The zero-order chi connectivity index (χ0) is 30.9. The molecule has 0 unspecified atom stereocenters. The van der Waals surface area contributed by atoms with E-state index in [1.807, 2.05) is 0 Å². The predicted octanol–water partition coefficient (Wildman–Crippen LogP) is 0.430. The number of carbonyl (C=O) groups excluding carboxylic acids is 5. The van der Waals surface area contributed by atoms with Gasteiger partial charge in [-0.1, -0.05) is 13.0 Å². The van der Waals surface area contributed by atoms with Crippen LogP contribution in [0.1, 0.15) is 55.4 Å². The Labute approximate surface area is 236 Å². The Morgan fingerprint density at radius 3 is 1.93 bits per heavy atom. The summed E-state index contributed by atoms with van der Waals surface area (Å²) in [4.78, 5) is 62.3. The van der Waals surface area contributed by atoms with Gasteiger partial charge in [-0.3, -0.25) is 19.2 Å². The second-order valence-electron chi connectivity index (χ2n) is 11.7. The van der Waals surface area contributed by atoms with Crippen molar-refractivity contribution in [2.24, 2.45) is 11.3 Å². The van der Waals surface area contributed by atoms with Crippen LogP contribution in [0.2, 0.25) is 0 Å². The van der Waals surface area contributed by atoms with E-state index in [4.69, 9.17) is 28.4 Å². The van der Waals surface area contributed by atoms with Crippen molar-refractivity contribution in [3.8, 4) is 0 Å². The molecular weight excluding hydrogens is 544 g/mol. The fourth-order valence-electron chi connectivity index (χ4n) is 6.88.